The van der Waals surface area contributed by atoms with Crippen LogP contribution >= 0.6 is 0 Å². The van der Waals surface area contributed by atoms with Gasteiger partial charge in [0.2, 0.25) is 11.8 Å². The van der Waals surface area contributed by atoms with Gasteiger partial charge in [0.05, 0.1) is 13.0 Å². The molecule has 1 aliphatic rings. The maximum atomic E-state index is 13.4. The third kappa shape index (κ3) is 7.00. The van der Waals surface area contributed by atoms with E-state index in [0.717, 1.165) is 23.1 Å². The number of carbonyl (C=O) groups is 3. The Balaban J connectivity index is 1.55. The fraction of sp³-hybridized carbons (Fsp3) is 0.323. The number of carbonyl (C=O) groups excluding carboxylic acids is 3. The minimum absolute atomic E-state index is 0.152. The van der Waals surface area contributed by atoms with Gasteiger partial charge in [0.25, 0.3) is 0 Å². The number of cyclic esters (lactones) is 1. The smallest absolute Gasteiger partial charge is 0.411 e. The highest BCUT2D eigenvalue weighted by Gasteiger charge is 2.47. The molecule has 7 nitrogen and oxygen atoms in total. The topological polar surface area (TPSA) is 87.7 Å². The second-order valence-corrected chi connectivity index (χ2v) is 10.2. The number of anilines is 1. The molecule has 0 aliphatic carbocycles. The lowest BCUT2D eigenvalue weighted by molar-refractivity contribution is -0.126. The van der Waals surface area contributed by atoms with Gasteiger partial charge in [0, 0.05) is 12.2 Å². The van der Waals surface area contributed by atoms with E-state index in [1.807, 2.05) is 67.6 Å². The number of hydrogen-bond donors (Lipinski definition) is 2. The van der Waals surface area contributed by atoms with Gasteiger partial charge in [-0.3, -0.25) is 14.5 Å². The standard InChI is InChI=1S/C31H35N3O4/c1-21(2)16-17-32-30(36)28-29(38-31(37)34(28)20-24-14-12-22(3)13-15-24)25-10-7-11-26(19-25)33-27(35)18-23-8-5-4-6-9-23/h4-15,19,21,28-29H,16-18,20H2,1-3H3,(H,32,36)(H,33,35)/t28-,29+/m1/s1. The third-order valence-electron chi connectivity index (χ3n) is 6.55. The van der Waals surface area contributed by atoms with Crippen LogP contribution < -0.4 is 10.6 Å². The van der Waals surface area contributed by atoms with Crippen molar-refractivity contribution in [3.8, 4) is 0 Å². The number of ether oxygens (including phenoxy) is 1. The molecule has 4 rings (SSSR count). The third-order valence-corrected chi connectivity index (χ3v) is 6.55. The number of aryl methyl sites for hydroxylation is 1. The average molecular weight is 514 g/mol. The Bertz CT molecular complexity index is 1260. The van der Waals surface area contributed by atoms with Crippen molar-refractivity contribution >= 4 is 23.6 Å². The Kier molecular flexibility index (Phi) is 8.79. The molecule has 2 atom stereocenters. The molecule has 1 fully saturated rings. The van der Waals surface area contributed by atoms with Gasteiger partial charge in [0.1, 0.15) is 0 Å². The van der Waals surface area contributed by atoms with Crippen LogP contribution in [-0.4, -0.2) is 35.4 Å². The summed E-state index contributed by atoms with van der Waals surface area (Å²) in [6, 6.07) is 23.7. The van der Waals surface area contributed by atoms with Crippen molar-refractivity contribution in [2.24, 2.45) is 5.92 Å². The van der Waals surface area contributed by atoms with Crippen LogP contribution in [0.25, 0.3) is 0 Å². The lowest BCUT2D eigenvalue weighted by Crippen LogP contribution is -2.46. The summed E-state index contributed by atoms with van der Waals surface area (Å²) in [6.07, 6.45) is -0.274. The average Bonchev–Trinajstić information content (AvgIpc) is 3.21. The summed E-state index contributed by atoms with van der Waals surface area (Å²) in [6.45, 7) is 6.96. The maximum Gasteiger partial charge on any atom is 0.411 e. The number of rotatable bonds is 10. The molecule has 0 unspecified atom stereocenters. The Morgan fingerprint density at radius 1 is 0.947 bits per heavy atom. The van der Waals surface area contributed by atoms with Crippen molar-refractivity contribution in [2.75, 3.05) is 11.9 Å². The molecule has 1 saturated heterocycles. The highest BCUT2D eigenvalue weighted by atomic mass is 16.6. The van der Waals surface area contributed by atoms with Gasteiger partial charge in [-0.1, -0.05) is 86.1 Å². The molecule has 0 saturated carbocycles. The molecule has 7 heteroatoms. The summed E-state index contributed by atoms with van der Waals surface area (Å²) < 4.78 is 5.79. The maximum absolute atomic E-state index is 13.4. The Labute approximate surface area is 224 Å². The van der Waals surface area contributed by atoms with Gasteiger partial charge >= 0.3 is 6.09 Å². The van der Waals surface area contributed by atoms with E-state index in [1.165, 1.54) is 4.90 Å². The SMILES string of the molecule is Cc1ccc(CN2C(=O)O[C@@H](c3cccc(NC(=O)Cc4ccccc4)c3)[C@@H]2C(=O)NCCC(C)C)cc1. The Morgan fingerprint density at radius 3 is 2.39 bits per heavy atom. The van der Waals surface area contributed by atoms with Crippen molar-refractivity contribution in [3.63, 3.8) is 0 Å². The molecular weight excluding hydrogens is 478 g/mol. The number of nitrogens with zero attached hydrogens (tertiary/aromatic N) is 1. The van der Waals surface area contributed by atoms with Crippen LogP contribution in [-0.2, 0) is 27.3 Å². The van der Waals surface area contributed by atoms with Crippen LogP contribution in [0.4, 0.5) is 10.5 Å². The van der Waals surface area contributed by atoms with Crippen LogP contribution in [0, 0.1) is 12.8 Å². The molecule has 1 heterocycles. The van der Waals surface area contributed by atoms with E-state index in [9.17, 15) is 14.4 Å². The van der Waals surface area contributed by atoms with E-state index in [1.54, 1.807) is 18.2 Å². The van der Waals surface area contributed by atoms with E-state index in [0.29, 0.717) is 23.7 Å². The number of hydrogen-bond acceptors (Lipinski definition) is 4. The van der Waals surface area contributed by atoms with E-state index < -0.39 is 18.2 Å². The van der Waals surface area contributed by atoms with Gasteiger partial charge in [-0.25, -0.2) is 4.79 Å². The first kappa shape index (κ1) is 26.9. The van der Waals surface area contributed by atoms with Gasteiger partial charge in [-0.05, 0) is 48.1 Å². The minimum atomic E-state index is -0.841. The number of benzene rings is 3. The summed E-state index contributed by atoms with van der Waals surface area (Å²) in [4.78, 5) is 40.6. The van der Waals surface area contributed by atoms with Crippen LogP contribution in [0.5, 0.6) is 0 Å². The molecular formula is C31H35N3O4. The second kappa shape index (κ2) is 12.4. The van der Waals surface area contributed by atoms with Gasteiger partial charge < -0.3 is 15.4 Å². The Morgan fingerprint density at radius 2 is 1.68 bits per heavy atom. The second-order valence-electron chi connectivity index (χ2n) is 10.2. The first-order valence-electron chi connectivity index (χ1n) is 13.0. The van der Waals surface area contributed by atoms with Crippen LogP contribution in [0.2, 0.25) is 0 Å². The molecule has 3 aromatic rings. The fourth-order valence-corrected chi connectivity index (χ4v) is 4.47. The monoisotopic (exact) mass is 513 g/mol. The largest absolute Gasteiger partial charge is 0.438 e. The fourth-order valence-electron chi connectivity index (χ4n) is 4.47. The highest BCUT2D eigenvalue weighted by Crippen LogP contribution is 2.35. The molecule has 3 amide bonds. The van der Waals surface area contributed by atoms with Crippen LogP contribution in [0.1, 0.15) is 48.6 Å². The summed E-state index contributed by atoms with van der Waals surface area (Å²) in [5.74, 6) is 0.0280. The highest BCUT2D eigenvalue weighted by molar-refractivity contribution is 5.92. The molecule has 198 valence electrons. The van der Waals surface area contributed by atoms with Crippen molar-refractivity contribution in [1.82, 2.24) is 10.2 Å². The zero-order chi connectivity index (χ0) is 27.1. The summed E-state index contributed by atoms with van der Waals surface area (Å²) in [5.41, 5.74) is 4.16. The van der Waals surface area contributed by atoms with Gasteiger partial charge in [0.15, 0.2) is 12.1 Å². The van der Waals surface area contributed by atoms with Crippen LogP contribution in [0.15, 0.2) is 78.9 Å². The van der Waals surface area contributed by atoms with E-state index in [-0.39, 0.29) is 24.8 Å². The summed E-state index contributed by atoms with van der Waals surface area (Å²) in [5, 5.41) is 5.91. The lowest BCUT2D eigenvalue weighted by atomic mass is 9.99. The predicted molar refractivity (Wildman–Crippen MR) is 147 cm³/mol. The van der Waals surface area contributed by atoms with Crippen LogP contribution in [0.3, 0.4) is 0 Å². The molecule has 0 aromatic heterocycles. The van der Waals surface area contributed by atoms with E-state index in [2.05, 4.69) is 24.5 Å². The van der Waals surface area contributed by atoms with Gasteiger partial charge in [-0.15, -0.1) is 0 Å². The predicted octanol–water partition coefficient (Wildman–Crippen LogP) is 5.40. The molecule has 0 spiro atoms. The first-order valence-corrected chi connectivity index (χ1v) is 13.0. The zero-order valence-corrected chi connectivity index (χ0v) is 22.1. The van der Waals surface area contributed by atoms with Crippen molar-refractivity contribution in [2.45, 2.75) is 52.3 Å². The molecule has 1 aliphatic heterocycles. The molecule has 0 radical (unpaired) electrons. The molecule has 0 bridgehead atoms. The molecule has 38 heavy (non-hydrogen) atoms. The number of nitrogens with one attached hydrogen (secondary N) is 2. The van der Waals surface area contributed by atoms with Crippen molar-refractivity contribution in [3.05, 3.63) is 101 Å². The summed E-state index contributed by atoms with van der Waals surface area (Å²) in [7, 11) is 0. The normalized spacial score (nSPS) is 16.8. The quantitative estimate of drug-likeness (QED) is 0.380. The van der Waals surface area contributed by atoms with Crippen molar-refractivity contribution < 1.29 is 19.1 Å². The first-order chi connectivity index (χ1) is 18.3. The summed E-state index contributed by atoms with van der Waals surface area (Å²) >= 11 is 0. The van der Waals surface area contributed by atoms with Gasteiger partial charge in [-0.2, -0.15) is 0 Å². The molecule has 3 aromatic carbocycles. The minimum Gasteiger partial charge on any atom is -0.438 e. The Hall–Kier alpha value is -4.13. The van der Waals surface area contributed by atoms with E-state index >= 15 is 0 Å². The zero-order valence-electron chi connectivity index (χ0n) is 22.1. The molecule has 2 N–H and O–H groups in total. The number of amides is 3. The lowest BCUT2D eigenvalue weighted by Gasteiger charge is -2.24. The van der Waals surface area contributed by atoms with Crippen molar-refractivity contribution in [1.29, 1.82) is 0 Å². The van der Waals surface area contributed by atoms with E-state index in [4.69, 9.17) is 4.74 Å².